The minimum absolute atomic E-state index is 0.0202. The number of amides is 1. The molecule has 2 heterocycles. The van der Waals surface area contributed by atoms with E-state index in [2.05, 4.69) is 23.7 Å². The van der Waals surface area contributed by atoms with Gasteiger partial charge in [0.15, 0.2) is 0 Å². The van der Waals surface area contributed by atoms with E-state index in [1.54, 1.807) is 11.0 Å². The van der Waals surface area contributed by atoms with Gasteiger partial charge in [0, 0.05) is 43.4 Å². The van der Waals surface area contributed by atoms with Gasteiger partial charge in [-0.05, 0) is 85.9 Å². The number of benzene rings is 2. The number of hydrogen-bond donors (Lipinski definition) is 3. The zero-order valence-corrected chi connectivity index (χ0v) is 36.5. The zero-order chi connectivity index (χ0) is 43.7. The van der Waals surface area contributed by atoms with Crippen molar-refractivity contribution in [3.63, 3.8) is 0 Å². The van der Waals surface area contributed by atoms with Crippen LogP contribution < -0.4 is 9.47 Å². The standard InChI is InChI=1S/C48H62ClN3O10/c1-3-25-60-48-44(52(21-27-57-28-24-55)47(56)58-26-20-49)31-42(51-61-32-35-13-5-4-6-14-35)40-29-36(15-7-9-22-53)39(17-8-10-23-54)45(46(40)48)41-30-38(18-19-43(41)62-48)59-33-37-16-11-12-34(2)50-37/h3-6,11-14,16,18-19,29-30,36,39,44-46,53-55H,1,7-10,15,17,20-28,31-33H2,2H3. The number of aryl methyl sites for hydroxylation is 1. The maximum atomic E-state index is 14.3. The van der Waals surface area contributed by atoms with Gasteiger partial charge in [-0.1, -0.05) is 66.5 Å². The molecule has 1 aliphatic heterocycles. The predicted molar refractivity (Wildman–Crippen MR) is 236 cm³/mol. The highest BCUT2D eigenvalue weighted by molar-refractivity contribution is 6.18. The molecule has 0 spiro atoms. The fraction of sp³-hybridized carbons (Fsp3) is 0.521. The molecule has 0 saturated heterocycles. The van der Waals surface area contributed by atoms with Crippen LogP contribution in [0, 0.1) is 24.7 Å². The molecule has 0 bridgehead atoms. The number of carbonyl (C=O) groups is 1. The van der Waals surface area contributed by atoms with Crippen molar-refractivity contribution in [2.24, 2.45) is 22.9 Å². The molecular weight excluding hydrogens is 814 g/mol. The van der Waals surface area contributed by atoms with E-state index < -0.39 is 23.8 Å². The molecule has 1 saturated carbocycles. The minimum atomic E-state index is -1.49. The summed E-state index contributed by atoms with van der Waals surface area (Å²) in [5.74, 6) is -0.867. The van der Waals surface area contributed by atoms with E-state index in [0.717, 1.165) is 53.8 Å². The van der Waals surface area contributed by atoms with E-state index in [-0.39, 0.29) is 96.1 Å². The molecule has 0 radical (unpaired) electrons. The number of nitrogens with zero attached hydrogens (tertiary/aromatic N) is 3. The summed E-state index contributed by atoms with van der Waals surface area (Å²) in [4.78, 5) is 26.7. The third-order valence-electron chi connectivity index (χ3n) is 11.9. The topological polar surface area (TPSA) is 162 Å². The largest absolute Gasteiger partial charge is 0.487 e. The van der Waals surface area contributed by atoms with Crippen molar-refractivity contribution in [2.75, 3.05) is 58.7 Å². The molecule has 3 aliphatic rings. The normalized spacial score (nSPS) is 23.1. The molecular formula is C48H62ClN3O10. The summed E-state index contributed by atoms with van der Waals surface area (Å²) in [5, 5.41) is 34.3. The summed E-state index contributed by atoms with van der Waals surface area (Å²) < 4.78 is 32.2. The number of carbonyl (C=O) groups excluding carboxylic acids is 1. The molecule has 1 aromatic heterocycles. The molecule has 336 valence electrons. The Balaban J connectivity index is 1.55. The van der Waals surface area contributed by atoms with Crippen molar-refractivity contribution in [2.45, 2.75) is 82.8 Å². The Labute approximate surface area is 370 Å². The number of rotatable bonds is 25. The highest BCUT2D eigenvalue weighted by Crippen LogP contribution is 2.62. The van der Waals surface area contributed by atoms with Gasteiger partial charge >= 0.3 is 6.09 Å². The number of pyridine rings is 1. The van der Waals surface area contributed by atoms with Crippen molar-refractivity contribution in [3.8, 4) is 11.5 Å². The fourth-order valence-electron chi connectivity index (χ4n) is 9.25. The number of allylic oxidation sites excluding steroid dienone is 1. The lowest BCUT2D eigenvalue weighted by Crippen LogP contribution is -2.70. The monoisotopic (exact) mass is 875 g/mol. The maximum Gasteiger partial charge on any atom is 0.410 e. The number of fused-ring (bicyclic) bond motifs is 2. The lowest BCUT2D eigenvalue weighted by atomic mass is 9.55. The summed E-state index contributed by atoms with van der Waals surface area (Å²) >= 11 is 6.05. The van der Waals surface area contributed by atoms with Crippen LogP contribution in [0.15, 0.2) is 96.2 Å². The second kappa shape index (κ2) is 23.8. The maximum absolute atomic E-state index is 14.3. The molecule has 3 N–H and O–H groups in total. The molecule has 13 nitrogen and oxygen atoms in total. The van der Waals surface area contributed by atoms with Crippen LogP contribution in [0.3, 0.4) is 0 Å². The average Bonchev–Trinajstić information content (AvgIpc) is 3.28. The lowest BCUT2D eigenvalue weighted by molar-refractivity contribution is -0.256. The van der Waals surface area contributed by atoms with Crippen molar-refractivity contribution < 1.29 is 48.6 Å². The van der Waals surface area contributed by atoms with E-state index in [1.807, 2.05) is 67.6 Å². The molecule has 3 aromatic rings. The highest BCUT2D eigenvalue weighted by Gasteiger charge is 2.65. The van der Waals surface area contributed by atoms with E-state index in [1.165, 1.54) is 0 Å². The fourth-order valence-corrected chi connectivity index (χ4v) is 9.32. The molecule has 2 aromatic carbocycles. The van der Waals surface area contributed by atoms with Crippen LogP contribution in [0.2, 0.25) is 0 Å². The van der Waals surface area contributed by atoms with Gasteiger partial charge in [0.25, 0.3) is 0 Å². The summed E-state index contributed by atoms with van der Waals surface area (Å²) in [6.07, 6.45) is 7.99. The zero-order valence-electron chi connectivity index (χ0n) is 35.7. The first-order chi connectivity index (χ1) is 30.4. The van der Waals surface area contributed by atoms with Crippen LogP contribution in [-0.4, -0.2) is 108 Å². The third kappa shape index (κ3) is 11.5. The second-order valence-corrected chi connectivity index (χ2v) is 16.3. The Morgan fingerprint density at radius 3 is 2.53 bits per heavy atom. The van der Waals surface area contributed by atoms with E-state index in [4.69, 9.17) is 45.3 Å². The molecule has 6 unspecified atom stereocenters. The Morgan fingerprint density at radius 2 is 1.79 bits per heavy atom. The van der Waals surface area contributed by atoms with Gasteiger partial charge in [0.05, 0.1) is 49.6 Å². The minimum Gasteiger partial charge on any atom is -0.487 e. The van der Waals surface area contributed by atoms with Crippen molar-refractivity contribution >= 4 is 23.4 Å². The Kier molecular flexibility index (Phi) is 18.0. The number of alkyl halides is 1. The molecule has 1 fully saturated rings. The van der Waals surface area contributed by atoms with E-state index in [9.17, 15) is 20.1 Å². The summed E-state index contributed by atoms with van der Waals surface area (Å²) in [7, 11) is 0. The number of halogens is 1. The van der Waals surface area contributed by atoms with E-state index in [0.29, 0.717) is 30.1 Å². The first kappa shape index (κ1) is 47.0. The SMILES string of the molecule is C=CCOC12Oc3ccc(OCc4cccc(C)n4)cc3C3C(CCCCO)C(CCCCO)C=C(C(=NOCc4ccccc4)CC1N(CCOCCO)C(=O)OCCCl)C32. The second-order valence-electron chi connectivity index (χ2n) is 15.9. The highest BCUT2D eigenvalue weighted by atomic mass is 35.5. The van der Waals surface area contributed by atoms with Gasteiger partial charge < -0.3 is 43.8 Å². The quantitative estimate of drug-likeness (QED) is 0.0335. The van der Waals surface area contributed by atoms with Gasteiger partial charge in [0.2, 0.25) is 5.79 Å². The van der Waals surface area contributed by atoms with Gasteiger partial charge in [-0.2, -0.15) is 0 Å². The van der Waals surface area contributed by atoms with Crippen molar-refractivity contribution in [3.05, 3.63) is 114 Å². The Bertz CT molecular complexity index is 1950. The van der Waals surface area contributed by atoms with Crippen LogP contribution in [0.4, 0.5) is 4.79 Å². The molecule has 62 heavy (non-hydrogen) atoms. The molecule has 6 atom stereocenters. The van der Waals surface area contributed by atoms with Gasteiger partial charge in [-0.15, -0.1) is 18.2 Å². The Hall–Kier alpha value is -4.50. The molecule has 1 amide bonds. The van der Waals surface area contributed by atoms with Crippen molar-refractivity contribution in [1.82, 2.24) is 9.88 Å². The summed E-state index contributed by atoms with van der Waals surface area (Å²) in [6.45, 7) is 6.80. The van der Waals surface area contributed by atoms with Crippen LogP contribution in [0.25, 0.3) is 0 Å². The number of aliphatic hydroxyl groups excluding tert-OH is 3. The van der Waals surface area contributed by atoms with Gasteiger partial charge in [0.1, 0.15) is 37.4 Å². The van der Waals surface area contributed by atoms with Crippen LogP contribution >= 0.6 is 11.6 Å². The summed E-state index contributed by atoms with van der Waals surface area (Å²) in [5.41, 5.74) is 5.14. The predicted octanol–water partition coefficient (Wildman–Crippen LogP) is 7.49. The number of unbranched alkanes of at least 4 members (excludes halogenated alkanes) is 2. The molecule has 6 rings (SSSR count). The average molecular weight is 876 g/mol. The van der Waals surface area contributed by atoms with Crippen molar-refractivity contribution in [1.29, 1.82) is 0 Å². The number of aromatic nitrogens is 1. The first-order valence-electron chi connectivity index (χ1n) is 21.8. The molecule has 14 heteroatoms. The number of aliphatic hydroxyl groups is 3. The van der Waals surface area contributed by atoms with E-state index >= 15 is 0 Å². The first-order valence-corrected chi connectivity index (χ1v) is 22.4. The van der Waals surface area contributed by atoms with Crippen LogP contribution in [0.5, 0.6) is 11.5 Å². The van der Waals surface area contributed by atoms with Crippen LogP contribution in [0.1, 0.15) is 73.4 Å². The van der Waals surface area contributed by atoms with Gasteiger partial charge in [-0.25, -0.2) is 4.79 Å². The van der Waals surface area contributed by atoms with Crippen LogP contribution in [-0.2, 0) is 32.3 Å². The smallest absolute Gasteiger partial charge is 0.410 e. The lowest BCUT2D eigenvalue weighted by Gasteiger charge is -2.59. The number of hydrogen-bond acceptors (Lipinski definition) is 12. The summed E-state index contributed by atoms with van der Waals surface area (Å²) in [6, 6.07) is 20.7. The Morgan fingerprint density at radius 1 is 0.984 bits per heavy atom. The van der Waals surface area contributed by atoms with Gasteiger partial charge in [-0.3, -0.25) is 9.88 Å². The number of oxime groups is 1. The third-order valence-corrected chi connectivity index (χ3v) is 12.0. The molecule has 2 aliphatic carbocycles. The number of ether oxygens (including phenoxy) is 5.